The number of H-pyrrole nitrogens is 1. The number of amides is 1. The average molecular weight is 575 g/mol. The molecule has 10 heteroatoms. The number of benzene rings is 2. The average Bonchev–Trinajstić information content (AvgIpc) is 3.47. The third-order valence-corrected chi connectivity index (χ3v) is 7.79. The van der Waals surface area contributed by atoms with Crippen LogP contribution >= 0.6 is 0 Å². The van der Waals surface area contributed by atoms with Gasteiger partial charge in [-0.1, -0.05) is 50.3 Å². The summed E-state index contributed by atoms with van der Waals surface area (Å²) in [7, 11) is 0. The minimum atomic E-state index is -0.177. The Balaban J connectivity index is 0.964. The Kier molecular flexibility index (Phi) is 7.50. The second-order valence-electron chi connectivity index (χ2n) is 11.2. The van der Waals surface area contributed by atoms with Crippen LogP contribution in [-0.4, -0.2) is 38.1 Å². The zero-order chi connectivity index (χ0) is 30.0. The maximum atomic E-state index is 12.5. The molecular formula is C33H34N8O2. The van der Waals surface area contributed by atoms with Crippen molar-refractivity contribution < 1.29 is 9.53 Å². The fourth-order valence-electron chi connectivity index (χ4n) is 5.43. The molecule has 10 nitrogen and oxygen atoms in total. The maximum absolute atomic E-state index is 12.5. The number of nitrogen functional groups attached to an aromatic ring is 2. The fourth-order valence-corrected chi connectivity index (χ4v) is 5.43. The van der Waals surface area contributed by atoms with Crippen LogP contribution in [0.1, 0.15) is 48.9 Å². The van der Waals surface area contributed by atoms with E-state index in [2.05, 4.69) is 69.5 Å². The van der Waals surface area contributed by atoms with E-state index in [0.29, 0.717) is 49.6 Å². The zero-order valence-electron chi connectivity index (χ0n) is 24.2. The number of nitrogens with zero attached hydrogens (tertiary/aromatic N) is 4. The molecule has 2 aliphatic rings. The number of carbonyl (C=O) groups excluding carboxylic acids is 1. The predicted molar refractivity (Wildman–Crippen MR) is 169 cm³/mol. The van der Waals surface area contributed by atoms with Gasteiger partial charge in [-0.2, -0.15) is 9.97 Å². The third kappa shape index (κ3) is 6.04. The van der Waals surface area contributed by atoms with Gasteiger partial charge in [0.1, 0.15) is 12.1 Å². The minimum Gasteiger partial charge on any atom is -0.471 e. The van der Waals surface area contributed by atoms with E-state index in [0.717, 1.165) is 22.5 Å². The fraction of sp³-hybridized carbons (Fsp3) is 0.242. The summed E-state index contributed by atoms with van der Waals surface area (Å²) in [5.41, 5.74) is 21.2. The lowest BCUT2D eigenvalue weighted by Crippen LogP contribution is -2.27. The van der Waals surface area contributed by atoms with Gasteiger partial charge in [0, 0.05) is 30.6 Å². The van der Waals surface area contributed by atoms with Crippen LogP contribution in [0.25, 0.3) is 17.2 Å². The first kappa shape index (κ1) is 27.9. The molecule has 0 atom stereocenters. The standard InChI is InChI=1S/C33H34N8O2/c1-33(2)26-15-24(34)11-9-22(26)14-23-10-12-25(16-27(23)33)36-13-3-4-28(42)37-17-20-5-7-21(8-6-20)18-43-31-29-30(39-19-38-29)40-32(35)41-31/h5-12,14-16,19H,3-4,13,17-18,34H2,1-2H3,(H,37,42)(H3,35,38,39,40,41). The van der Waals surface area contributed by atoms with Crippen molar-refractivity contribution in [1.82, 2.24) is 25.3 Å². The first-order valence-electron chi connectivity index (χ1n) is 14.3. The molecule has 2 aromatic heterocycles. The summed E-state index contributed by atoms with van der Waals surface area (Å²) < 4.78 is 5.84. The largest absolute Gasteiger partial charge is 0.471 e. The molecule has 0 unspecified atom stereocenters. The number of rotatable bonds is 9. The molecule has 2 aliphatic carbocycles. The van der Waals surface area contributed by atoms with Crippen LogP contribution in [0.3, 0.4) is 0 Å². The van der Waals surface area contributed by atoms with Crippen molar-refractivity contribution in [1.29, 1.82) is 0 Å². The number of aromatic nitrogens is 4. The van der Waals surface area contributed by atoms with Crippen molar-refractivity contribution in [3.63, 3.8) is 0 Å². The van der Waals surface area contributed by atoms with Gasteiger partial charge in [0.15, 0.2) is 5.65 Å². The number of aliphatic imine (C=N–C) groups is 1. The van der Waals surface area contributed by atoms with Gasteiger partial charge in [-0.25, -0.2) is 4.98 Å². The number of carbonyl (C=O) groups is 1. The molecule has 0 spiro atoms. The molecule has 4 aromatic rings. The van der Waals surface area contributed by atoms with Gasteiger partial charge >= 0.3 is 0 Å². The zero-order valence-corrected chi connectivity index (χ0v) is 24.2. The van der Waals surface area contributed by atoms with Crippen LogP contribution in [0.2, 0.25) is 0 Å². The summed E-state index contributed by atoms with van der Waals surface area (Å²) in [6.45, 7) is 5.79. The van der Waals surface area contributed by atoms with Crippen LogP contribution in [0.4, 0.5) is 11.6 Å². The summed E-state index contributed by atoms with van der Waals surface area (Å²) in [5, 5.41) is 3.00. The van der Waals surface area contributed by atoms with Gasteiger partial charge in [0.05, 0.1) is 12.0 Å². The van der Waals surface area contributed by atoms with Crippen molar-refractivity contribution >= 4 is 40.5 Å². The highest BCUT2D eigenvalue weighted by molar-refractivity contribution is 6.08. The predicted octanol–water partition coefficient (Wildman–Crippen LogP) is 4.80. The Hall–Kier alpha value is -5.25. The highest BCUT2D eigenvalue weighted by Crippen LogP contribution is 2.44. The maximum Gasteiger partial charge on any atom is 0.245 e. The Bertz CT molecular complexity index is 1810. The van der Waals surface area contributed by atoms with Gasteiger partial charge in [0.2, 0.25) is 17.7 Å². The lowest BCUT2D eigenvalue weighted by atomic mass is 9.67. The first-order chi connectivity index (χ1) is 20.8. The lowest BCUT2D eigenvalue weighted by Gasteiger charge is -2.36. The number of hydrogen-bond acceptors (Lipinski definition) is 8. The number of allylic oxidation sites excluding steroid dienone is 5. The second kappa shape index (κ2) is 11.6. The molecule has 0 fully saturated rings. The van der Waals surface area contributed by atoms with Crippen LogP contribution < -0.4 is 21.5 Å². The Morgan fingerprint density at radius 1 is 1.05 bits per heavy atom. The highest BCUT2D eigenvalue weighted by atomic mass is 16.5. The van der Waals surface area contributed by atoms with Crippen molar-refractivity contribution in [3.05, 3.63) is 100 Å². The monoisotopic (exact) mass is 574 g/mol. The lowest BCUT2D eigenvalue weighted by molar-refractivity contribution is -0.121. The minimum absolute atomic E-state index is 0.00269. The van der Waals surface area contributed by atoms with Crippen LogP contribution in [0.5, 0.6) is 5.88 Å². The number of ether oxygens (including phenoxy) is 1. The van der Waals surface area contributed by atoms with Gasteiger partial charge < -0.3 is 26.5 Å². The van der Waals surface area contributed by atoms with Crippen molar-refractivity contribution in [3.8, 4) is 5.88 Å². The van der Waals surface area contributed by atoms with E-state index in [1.807, 2.05) is 36.4 Å². The van der Waals surface area contributed by atoms with E-state index in [9.17, 15) is 4.79 Å². The molecule has 2 heterocycles. The normalized spacial score (nSPS) is 15.9. The van der Waals surface area contributed by atoms with E-state index in [-0.39, 0.29) is 17.3 Å². The van der Waals surface area contributed by atoms with Crippen molar-refractivity contribution in [2.45, 2.75) is 45.3 Å². The number of imidazole rings is 1. The number of nitrogens with two attached hydrogens (primary N) is 2. The van der Waals surface area contributed by atoms with Crippen molar-refractivity contribution in [2.75, 3.05) is 18.0 Å². The van der Waals surface area contributed by atoms with E-state index < -0.39 is 0 Å². The van der Waals surface area contributed by atoms with Gasteiger partial charge in [-0.15, -0.1) is 0 Å². The molecule has 6 rings (SSSR count). The molecular weight excluding hydrogens is 540 g/mol. The summed E-state index contributed by atoms with van der Waals surface area (Å²) in [4.78, 5) is 32.5. The number of fused-ring (bicyclic) bond motifs is 3. The van der Waals surface area contributed by atoms with Crippen LogP contribution in [-0.2, 0) is 23.4 Å². The smallest absolute Gasteiger partial charge is 0.245 e. The summed E-state index contributed by atoms with van der Waals surface area (Å²) in [6.07, 6.45) is 11.1. The molecule has 43 heavy (non-hydrogen) atoms. The molecule has 2 aromatic carbocycles. The molecule has 1 amide bonds. The molecule has 0 saturated carbocycles. The van der Waals surface area contributed by atoms with Gasteiger partial charge in [-0.05, 0) is 70.2 Å². The molecule has 0 radical (unpaired) electrons. The van der Waals surface area contributed by atoms with E-state index >= 15 is 0 Å². The summed E-state index contributed by atoms with van der Waals surface area (Å²) in [5.74, 6) is 0.463. The number of anilines is 2. The van der Waals surface area contributed by atoms with Crippen LogP contribution in [0, 0.1) is 0 Å². The number of aromatic amines is 1. The third-order valence-electron chi connectivity index (χ3n) is 7.79. The van der Waals surface area contributed by atoms with E-state index in [1.54, 1.807) is 0 Å². The molecule has 218 valence electrons. The second-order valence-corrected chi connectivity index (χ2v) is 11.2. The molecule has 0 saturated heterocycles. The Morgan fingerprint density at radius 2 is 1.86 bits per heavy atom. The molecule has 6 N–H and O–H groups in total. The molecule has 0 bridgehead atoms. The number of nitrogens with one attached hydrogen (secondary N) is 2. The number of hydrogen-bond donors (Lipinski definition) is 4. The van der Waals surface area contributed by atoms with Gasteiger partial charge in [-0.3, -0.25) is 9.79 Å². The summed E-state index contributed by atoms with van der Waals surface area (Å²) in [6, 6.07) is 14.0. The topological polar surface area (TPSA) is 157 Å². The Morgan fingerprint density at radius 3 is 2.70 bits per heavy atom. The van der Waals surface area contributed by atoms with Crippen LogP contribution in [0.15, 0.2) is 83.2 Å². The van der Waals surface area contributed by atoms with E-state index in [4.69, 9.17) is 21.2 Å². The van der Waals surface area contributed by atoms with E-state index in [1.165, 1.54) is 28.6 Å². The molecule has 0 aliphatic heterocycles. The SMILES string of the molecule is CC1(C)C2=CC(=NCCCC(=O)NCc3ccc(COc4nc(N)nc5nc[nH]c45)cc3)C=CC2=Cc2ccc(N)cc21. The first-order valence-corrected chi connectivity index (χ1v) is 14.3. The summed E-state index contributed by atoms with van der Waals surface area (Å²) >= 11 is 0. The quantitative estimate of drug-likeness (QED) is 0.165. The van der Waals surface area contributed by atoms with Gasteiger partial charge in [0.25, 0.3) is 0 Å². The van der Waals surface area contributed by atoms with Crippen molar-refractivity contribution in [2.24, 2.45) is 4.99 Å². The highest BCUT2D eigenvalue weighted by Gasteiger charge is 2.34. The Labute approximate surface area is 249 Å².